The van der Waals surface area contributed by atoms with Crippen LogP contribution in [0.3, 0.4) is 0 Å². The van der Waals surface area contributed by atoms with Crippen molar-refractivity contribution >= 4 is 11.9 Å². The Morgan fingerprint density at radius 3 is 2.30 bits per heavy atom. The van der Waals surface area contributed by atoms with Crippen LogP contribution in [0.4, 0.5) is 0 Å². The molecule has 0 heterocycles. The second-order valence-electron chi connectivity index (χ2n) is 5.82. The number of methoxy groups -OCH3 is 1. The minimum Gasteiger partial charge on any atom is -0.459 e. The van der Waals surface area contributed by atoms with E-state index < -0.39 is 11.9 Å². The second kappa shape index (κ2) is 18.2. The molecule has 7 heteroatoms. The Labute approximate surface area is 162 Å². The summed E-state index contributed by atoms with van der Waals surface area (Å²) in [6, 6.07) is 3.37. The fraction of sp³-hybridized carbons (Fsp3) is 0.600. The number of carbonyl (C=O) groups excluding carboxylic acids is 2. The van der Waals surface area contributed by atoms with Crippen molar-refractivity contribution in [1.29, 1.82) is 10.5 Å². The number of allylic oxidation sites excluding steroid dienone is 1. The normalized spacial score (nSPS) is 11.9. The fourth-order valence-electron chi connectivity index (χ4n) is 1.83. The van der Waals surface area contributed by atoms with Crippen molar-refractivity contribution in [1.82, 2.24) is 0 Å². The van der Waals surface area contributed by atoms with Gasteiger partial charge in [-0.1, -0.05) is 32.8 Å². The van der Waals surface area contributed by atoms with Crippen LogP contribution in [0.25, 0.3) is 0 Å². The lowest BCUT2D eigenvalue weighted by Crippen LogP contribution is -2.18. The van der Waals surface area contributed by atoms with Gasteiger partial charge in [-0.15, -0.1) is 0 Å². The van der Waals surface area contributed by atoms with Crippen LogP contribution in [0, 0.1) is 22.7 Å². The van der Waals surface area contributed by atoms with E-state index in [9.17, 15) is 9.59 Å². The highest BCUT2D eigenvalue weighted by Gasteiger charge is 2.12. The first-order valence-electron chi connectivity index (χ1n) is 8.87. The van der Waals surface area contributed by atoms with Crippen LogP contribution in [0.5, 0.6) is 0 Å². The molecule has 0 saturated carbocycles. The van der Waals surface area contributed by atoms with Crippen LogP contribution in [0.1, 0.15) is 52.9 Å². The van der Waals surface area contributed by atoms with Crippen LogP contribution in [0.2, 0.25) is 0 Å². The summed E-state index contributed by atoms with van der Waals surface area (Å²) in [5.74, 6) is -1.12. The Morgan fingerprint density at radius 2 is 1.78 bits per heavy atom. The summed E-state index contributed by atoms with van der Waals surface area (Å²) < 4.78 is 14.6. The molecule has 0 fully saturated rings. The number of nitrogens with zero attached hydrogens (tertiary/aromatic N) is 2. The number of hydrogen-bond acceptors (Lipinski definition) is 7. The number of rotatable bonds is 11. The molecule has 7 nitrogen and oxygen atoms in total. The lowest BCUT2D eigenvalue weighted by atomic mass is 10.1. The second-order valence-corrected chi connectivity index (χ2v) is 5.82. The molecular weight excluding hydrogens is 348 g/mol. The monoisotopic (exact) mass is 378 g/mol. The molecule has 0 aromatic carbocycles. The Hall–Kier alpha value is -2.64. The molecule has 150 valence electrons. The van der Waals surface area contributed by atoms with Gasteiger partial charge < -0.3 is 14.2 Å². The van der Waals surface area contributed by atoms with Crippen molar-refractivity contribution in [3.8, 4) is 12.1 Å². The summed E-state index contributed by atoms with van der Waals surface area (Å²) in [7, 11) is 1.52. The highest BCUT2D eigenvalue weighted by molar-refractivity contribution is 5.91. The average molecular weight is 378 g/mol. The van der Waals surface area contributed by atoms with Crippen molar-refractivity contribution in [3.05, 3.63) is 24.3 Å². The largest absolute Gasteiger partial charge is 0.459 e. The molecule has 0 rings (SSSR count). The zero-order chi connectivity index (χ0) is 21.1. The Kier molecular flexibility index (Phi) is 17.9. The van der Waals surface area contributed by atoms with Gasteiger partial charge in [-0.3, -0.25) is 0 Å². The van der Waals surface area contributed by atoms with E-state index in [4.69, 9.17) is 24.7 Å². The highest BCUT2D eigenvalue weighted by atomic mass is 16.6. The molecule has 0 aliphatic rings. The molecule has 2 atom stereocenters. The van der Waals surface area contributed by atoms with Gasteiger partial charge in [0.2, 0.25) is 0 Å². The molecule has 0 saturated heterocycles. The van der Waals surface area contributed by atoms with Crippen molar-refractivity contribution in [2.75, 3.05) is 13.7 Å². The van der Waals surface area contributed by atoms with Crippen molar-refractivity contribution < 1.29 is 23.8 Å². The molecular formula is C20H30N2O5. The number of nitriles is 2. The van der Waals surface area contributed by atoms with Crippen LogP contribution in [-0.4, -0.2) is 37.9 Å². The van der Waals surface area contributed by atoms with Gasteiger partial charge in [0.05, 0.1) is 18.8 Å². The summed E-state index contributed by atoms with van der Waals surface area (Å²) in [5.41, 5.74) is -0.129. The molecule has 0 aromatic heterocycles. The van der Waals surface area contributed by atoms with Crippen LogP contribution in [-0.2, 0) is 23.8 Å². The summed E-state index contributed by atoms with van der Waals surface area (Å²) in [5, 5.41) is 16.5. The first-order chi connectivity index (χ1) is 12.8. The van der Waals surface area contributed by atoms with Crippen molar-refractivity contribution in [2.24, 2.45) is 0 Å². The standard InChI is InChI=1S/C12H19NO2.C8H11NO3/c1-4-5-6-7-8-11(3)15-12(14)10(2)9-13;1-7(6-11-2)12-8(10)4-3-5-9/h11H,2,4-8H2,1,3H3;3-4,7H,6H2,1-2H3. The van der Waals surface area contributed by atoms with Gasteiger partial charge in [0.25, 0.3) is 0 Å². The van der Waals surface area contributed by atoms with Gasteiger partial charge in [-0.2, -0.15) is 10.5 Å². The third kappa shape index (κ3) is 18.0. The molecule has 0 amide bonds. The summed E-state index contributed by atoms with van der Waals surface area (Å²) in [6.45, 7) is 9.36. The van der Waals surface area contributed by atoms with Gasteiger partial charge in [0.1, 0.15) is 17.7 Å². The van der Waals surface area contributed by atoms with Gasteiger partial charge >= 0.3 is 11.9 Å². The molecule has 27 heavy (non-hydrogen) atoms. The zero-order valence-corrected chi connectivity index (χ0v) is 16.7. The summed E-state index contributed by atoms with van der Waals surface area (Å²) in [6.07, 6.45) is 7.22. The third-order valence-electron chi connectivity index (χ3n) is 3.17. The Balaban J connectivity index is 0. The van der Waals surface area contributed by atoms with Crippen molar-refractivity contribution in [2.45, 2.75) is 65.1 Å². The van der Waals surface area contributed by atoms with Crippen molar-refractivity contribution in [3.63, 3.8) is 0 Å². The molecule has 0 aromatic rings. The molecule has 0 bridgehead atoms. The van der Waals surface area contributed by atoms with E-state index in [2.05, 4.69) is 13.5 Å². The number of carbonyl (C=O) groups is 2. The van der Waals surface area contributed by atoms with E-state index in [0.29, 0.717) is 6.61 Å². The minimum absolute atomic E-state index is 0.126. The van der Waals surface area contributed by atoms with Crippen LogP contribution < -0.4 is 0 Å². The lowest BCUT2D eigenvalue weighted by Gasteiger charge is -2.11. The molecule has 0 N–H and O–H groups in total. The van der Waals surface area contributed by atoms with Gasteiger partial charge in [0, 0.05) is 19.3 Å². The van der Waals surface area contributed by atoms with Gasteiger partial charge in [-0.25, -0.2) is 9.59 Å². The maximum atomic E-state index is 11.1. The predicted octanol–water partition coefficient (Wildman–Crippen LogP) is 3.61. The molecule has 0 aliphatic carbocycles. The maximum Gasteiger partial charge on any atom is 0.348 e. The molecule has 0 spiro atoms. The van der Waals surface area contributed by atoms with E-state index in [1.807, 2.05) is 6.92 Å². The van der Waals surface area contributed by atoms with E-state index >= 15 is 0 Å². The third-order valence-corrected chi connectivity index (χ3v) is 3.17. The van der Waals surface area contributed by atoms with E-state index in [0.717, 1.165) is 31.4 Å². The first-order valence-corrected chi connectivity index (χ1v) is 8.87. The van der Waals surface area contributed by atoms with E-state index in [-0.39, 0.29) is 17.8 Å². The Bertz CT molecular complexity index is 558. The van der Waals surface area contributed by atoms with E-state index in [1.54, 1.807) is 19.1 Å². The minimum atomic E-state index is -0.597. The molecule has 0 radical (unpaired) electrons. The zero-order valence-electron chi connectivity index (χ0n) is 16.7. The van der Waals surface area contributed by atoms with E-state index in [1.165, 1.54) is 20.0 Å². The quantitative estimate of drug-likeness (QED) is 0.234. The smallest absolute Gasteiger partial charge is 0.348 e. The predicted molar refractivity (Wildman–Crippen MR) is 101 cm³/mol. The number of unbranched alkanes of at least 4 members (excludes halogenated alkanes) is 3. The van der Waals surface area contributed by atoms with Gasteiger partial charge in [0.15, 0.2) is 0 Å². The Morgan fingerprint density at radius 1 is 1.11 bits per heavy atom. The van der Waals surface area contributed by atoms with Crippen LogP contribution >= 0.6 is 0 Å². The SMILES string of the molecule is C=C(C#N)C(=O)OC(C)CCCCCC.COCC(C)OC(=O)C=CC#N. The summed E-state index contributed by atoms with van der Waals surface area (Å²) in [4.78, 5) is 21.9. The summed E-state index contributed by atoms with van der Waals surface area (Å²) >= 11 is 0. The number of ether oxygens (including phenoxy) is 3. The van der Waals surface area contributed by atoms with Crippen LogP contribution in [0.15, 0.2) is 24.3 Å². The fourth-order valence-corrected chi connectivity index (χ4v) is 1.83. The molecule has 0 aliphatic heterocycles. The topological polar surface area (TPSA) is 109 Å². The van der Waals surface area contributed by atoms with Gasteiger partial charge in [-0.05, 0) is 26.7 Å². The maximum absolute atomic E-state index is 11.1. The molecule has 2 unspecified atom stereocenters. The number of esters is 2. The lowest BCUT2D eigenvalue weighted by molar-refractivity contribution is -0.144. The highest BCUT2D eigenvalue weighted by Crippen LogP contribution is 2.09. The number of hydrogen-bond donors (Lipinski definition) is 0. The average Bonchev–Trinajstić information content (AvgIpc) is 2.63. The first kappa shape index (κ1) is 26.6.